The van der Waals surface area contributed by atoms with Gasteiger partial charge in [-0.3, -0.25) is 4.98 Å². The van der Waals surface area contributed by atoms with Crippen LogP contribution in [0, 0.1) is 13.8 Å². The standard InChI is InChI=1S/C12H17N/c1-5-7-12-10(4)13-8-9(3)11(12)6-2/h5,8H,1,6-7H2,2-4H3. The summed E-state index contributed by atoms with van der Waals surface area (Å²) < 4.78 is 0. The first kappa shape index (κ1) is 9.97. The monoisotopic (exact) mass is 175 g/mol. The number of aryl methyl sites for hydroxylation is 2. The molecular weight excluding hydrogens is 158 g/mol. The lowest BCUT2D eigenvalue weighted by atomic mass is 9.98. The van der Waals surface area contributed by atoms with E-state index < -0.39 is 0 Å². The Morgan fingerprint density at radius 2 is 2.08 bits per heavy atom. The van der Waals surface area contributed by atoms with Crippen molar-refractivity contribution in [3.05, 3.63) is 41.2 Å². The molecule has 0 saturated heterocycles. The molecule has 0 spiro atoms. The van der Waals surface area contributed by atoms with Crippen molar-refractivity contribution in [2.45, 2.75) is 33.6 Å². The molecule has 0 bridgehead atoms. The van der Waals surface area contributed by atoms with Crippen LogP contribution in [0.3, 0.4) is 0 Å². The maximum atomic E-state index is 4.36. The Balaban J connectivity index is 3.25. The molecule has 0 unspecified atom stereocenters. The van der Waals surface area contributed by atoms with E-state index in [0.29, 0.717) is 0 Å². The van der Waals surface area contributed by atoms with Gasteiger partial charge in [0.1, 0.15) is 0 Å². The first-order valence-corrected chi connectivity index (χ1v) is 4.75. The van der Waals surface area contributed by atoms with Crippen LogP contribution in [0.15, 0.2) is 18.9 Å². The minimum Gasteiger partial charge on any atom is -0.261 e. The normalized spacial score (nSPS) is 10.1. The van der Waals surface area contributed by atoms with Gasteiger partial charge in [-0.2, -0.15) is 0 Å². The van der Waals surface area contributed by atoms with Gasteiger partial charge in [0.2, 0.25) is 0 Å². The SMILES string of the molecule is C=CCc1c(C)ncc(C)c1CC. The summed E-state index contributed by atoms with van der Waals surface area (Å²) in [5.74, 6) is 0. The second-order valence-electron chi connectivity index (χ2n) is 3.33. The van der Waals surface area contributed by atoms with Crippen LogP contribution in [0.1, 0.15) is 29.3 Å². The Kier molecular flexibility index (Phi) is 3.24. The molecule has 1 rings (SSSR count). The number of pyridine rings is 1. The maximum absolute atomic E-state index is 4.36. The van der Waals surface area contributed by atoms with E-state index in [1.807, 2.05) is 12.3 Å². The first-order chi connectivity index (χ1) is 6.20. The van der Waals surface area contributed by atoms with Gasteiger partial charge in [0.05, 0.1) is 0 Å². The highest BCUT2D eigenvalue weighted by Gasteiger charge is 2.06. The largest absolute Gasteiger partial charge is 0.261 e. The lowest BCUT2D eigenvalue weighted by molar-refractivity contribution is 0.988. The van der Waals surface area contributed by atoms with Crippen LogP contribution < -0.4 is 0 Å². The van der Waals surface area contributed by atoms with Crippen LogP contribution in [0.25, 0.3) is 0 Å². The first-order valence-electron chi connectivity index (χ1n) is 4.75. The Labute approximate surface area is 80.5 Å². The van der Waals surface area contributed by atoms with Gasteiger partial charge >= 0.3 is 0 Å². The van der Waals surface area contributed by atoms with Gasteiger partial charge in [-0.05, 0) is 43.4 Å². The molecule has 0 N–H and O–H groups in total. The van der Waals surface area contributed by atoms with Crippen LogP contribution in [-0.4, -0.2) is 4.98 Å². The molecule has 1 aromatic rings. The fraction of sp³-hybridized carbons (Fsp3) is 0.417. The third-order valence-electron chi connectivity index (χ3n) is 2.43. The van der Waals surface area contributed by atoms with Crippen molar-refractivity contribution in [1.82, 2.24) is 4.98 Å². The van der Waals surface area contributed by atoms with E-state index in [9.17, 15) is 0 Å². The molecule has 1 nitrogen and oxygen atoms in total. The summed E-state index contributed by atoms with van der Waals surface area (Å²) in [6.45, 7) is 10.2. The fourth-order valence-electron chi connectivity index (χ4n) is 1.71. The van der Waals surface area contributed by atoms with E-state index in [2.05, 4.69) is 32.3 Å². The van der Waals surface area contributed by atoms with E-state index in [0.717, 1.165) is 18.5 Å². The molecule has 70 valence electrons. The third-order valence-corrected chi connectivity index (χ3v) is 2.43. The van der Waals surface area contributed by atoms with Crippen LogP contribution in [-0.2, 0) is 12.8 Å². The Morgan fingerprint density at radius 3 is 2.62 bits per heavy atom. The molecule has 1 heterocycles. The van der Waals surface area contributed by atoms with Gasteiger partial charge in [-0.15, -0.1) is 6.58 Å². The van der Waals surface area contributed by atoms with Crippen molar-refractivity contribution in [3.63, 3.8) is 0 Å². The van der Waals surface area contributed by atoms with Gasteiger partial charge in [-0.25, -0.2) is 0 Å². The van der Waals surface area contributed by atoms with Crippen molar-refractivity contribution in [2.24, 2.45) is 0 Å². The Hall–Kier alpha value is -1.11. The van der Waals surface area contributed by atoms with Gasteiger partial charge < -0.3 is 0 Å². The molecular formula is C12H17N. The summed E-state index contributed by atoms with van der Waals surface area (Å²) in [7, 11) is 0. The summed E-state index contributed by atoms with van der Waals surface area (Å²) in [6.07, 6.45) is 5.92. The Morgan fingerprint density at radius 1 is 1.38 bits per heavy atom. The molecule has 0 aliphatic carbocycles. The summed E-state index contributed by atoms with van der Waals surface area (Å²) >= 11 is 0. The van der Waals surface area contributed by atoms with Gasteiger partial charge in [0.15, 0.2) is 0 Å². The van der Waals surface area contributed by atoms with E-state index in [4.69, 9.17) is 0 Å². The molecule has 0 fully saturated rings. The van der Waals surface area contributed by atoms with Crippen LogP contribution in [0.2, 0.25) is 0 Å². The molecule has 0 amide bonds. The molecule has 0 radical (unpaired) electrons. The van der Waals surface area contributed by atoms with Crippen molar-refractivity contribution in [1.29, 1.82) is 0 Å². The highest BCUT2D eigenvalue weighted by Crippen LogP contribution is 2.17. The van der Waals surface area contributed by atoms with E-state index in [1.165, 1.54) is 16.7 Å². The number of aromatic nitrogens is 1. The lowest BCUT2D eigenvalue weighted by Gasteiger charge is -2.11. The van der Waals surface area contributed by atoms with Gasteiger partial charge in [0.25, 0.3) is 0 Å². The minimum absolute atomic E-state index is 0.934. The zero-order chi connectivity index (χ0) is 9.84. The van der Waals surface area contributed by atoms with Crippen molar-refractivity contribution >= 4 is 0 Å². The summed E-state index contributed by atoms with van der Waals surface area (Å²) in [5, 5.41) is 0. The molecule has 0 aliphatic heterocycles. The fourth-order valence-corrected chi connectivity index (χ4v) is 1.71. The average Bonchev–Trinajstić information content (AvgIpc) is 2.12. The molecule has 1 aromatic heterocycles. The third kappa shape index (κ3) is 1.97. The molecule has 0 atom stereocenters. The second kappa shape index (κ2) is 4.22. The summed E-state index contributed by atoms with van der Waals surface area (Å²) in [4.78, 5) is 4.36. The predicted octanol–water partition coefficient (Wildman–Crippen LogP) is 2.99. The van der Waals surface area contributed by atoms with Crippen LogP contribution in [0.5, 0.6) is 0 Å². The Bertz CT molecular complexity index is 313. The molecule has 0 saturated carbocycles. The zero-order valence-corrected chi connectivity index (χ0v) is 8.72. The topological polar surface area (TPSA) is 12.9 Å². The highest BCUT2D eigenvalue weighted by molar-refractivity contribution is 5.36. The second-order valence-corrected chi connectivity index (χ2v) is 3.33. The lowest BCUT2D eigenvalue weighted by Crippen LogP contribution is -2.00. The molecule has 13 heavy (non-hydrogen) atoms. The number of allylic oxidation sites excluding steroid dienone is 1. The average molecular weight is 175 g/mol. The summed E-state index contributed by atoms with van der Waals surface area (Å²) in [5.41, 5.74) is 5.23. The van der Waals surface area contributed by atoms with Crippen LogP contribution in [0.4, 0.5) is 0 Å². The smallest absolute Gasteiger partial charge is 0.0410 e. The van der Waals surface area contributed by atoms with Crippen molar-refractivity contribution < 1.29 is 0 Å². The van der Waals surface area contributed by atoms with E-state index in [-0.39, 0.29) is 0 Å². The zero-order valence-electron chi connectivity index (χ0n) is 8.72. The molecule has 0 aromatic carbocycles. The van der Waals surface area contributed by atoms with Crippen LogP contribution >= 0.6 is 0 Å². The number of nitrogens with zero attached hydrogens (tertiary/aromatic N) is 1. The van der Waals surface area contributed by atoms with E-state index >= 15 is 0 Å². The number of hydrogen-bond donors (Lipinski definition) is 0. The van der Waals surface area contributed by atoms with Gasteiger partial charge in [-0.1, -0.05) is 13.0 Å². The maximum Gasteiger partial charge on any atom is 0.0410 e. The predicted molar refractivity (Wildman–Crippen MR) is 57.0 cm³/mol. The van der Waals surface area contributed by atoms with Crippen molar-refractivity contribution in [2.75, 3.05) is 0 Å². The van der Waals surface area contributed by atoms with E-state index in [1.54, 1.807) is 0 Å². The molecule has 1 heteroatoms. The van der Waals surface area contributed by atoms with Crippen molar-refractivity contribution in [3.8, 4) is 0 Å². The quantitative estimate of drug-likeness (QED) is 0.643. The van der Waals surface area contributed by atoms with Gasteiger partial charge in [0, 0.05) is 11.9 Å². The molecule has 0 aliphatic rings. The number of hydrogen-bond acceptors (Lipinski definition) is 1. The summed E-state index contributed by atoms with van der Waals surface area (Å²) in [6, 6.07) is 0. The highest BCUT2D eigenvalue weighted by atomic mass is 14.7. The minimum atomic E-state index is 0.934. The number of rotatable bonds is 3.